The van der Waals surface area contributed by atoms with Crippen LogP contribution in [-0.4, -0.2) is 36.5 Å². The molecule has 1 heterocycles. The molecule has 1 aromatic carbocycles. The van der Waals surface area contributed by atoms with Gasteiger partial charge >= 0.3 is 5.97 Å². The lowest BCUT2D eigenvalue weighted by molar-refractivity contribution is -0.149. The largest absolute Gasteiger partial charge is 0.466 e. The molecule has 1 fully saturated rings. The number of benzene rings is 1. The molecule has 0 radical (unpaired) electrons. The lowest BCUT2D eigenvalue weighted by Crippen LogP contribution is -2.41. The molecule has 1 aliphatic heterocycles. The van der Waals surface area contributed by atoms with Gasteiger partial charge in [-0.25, -0.2) is 0 Å². The fourth-order valence-corrected chi connectivity index (χ4v) is 2.66. The van der Waals surface area contributed by atoms with Crippen LogP contribution in [0.3, 0.4) is 0 Å². The van der Waals surface area contributed by atoms with Crippen molar-refractivity contribution < 1.29 is 14.3 Å². The number of carbonyl (C=O) groups excluding carboxylic acids is 2. The molecule has 2 rings (SSSR count). The van der Waals surface area contributed by atoms with E-state index in [-0.39, 0.29) is 17.8 Å². The summed E-state index contributed by atoms with van der Waals surface area (Å²) in [6, 6.07) is 7.41. The number of ether oxygens (including phenoxy) is 1. The summed E-state index contributed by atoms with van der Waals surface area (Å²) in [4.78, 5) is 26.0. The molecule has 114 valence electrons. The van der Waals surface area contributed by atoms with Crippen molar-refractivity contribution in [2.45, 2.75) is 26.3 Å². The highest BCUT2D eigenvalue weighted by Crippen LogP contribution is 2.21. The minimum Gasteiger partial charge on any atom is -0.466 e. The Bertz CT molecular complexity index is 508. The van der Waals surface area contributed by atoms with Gasteiger partial charge in [0.25, 0.3) is 5.91 Å². The molecule has 0 aliphatic carbocycles. The second-order valence-corrected chi connectivity index (χ2v) is 5.18. The summed E-state index contributed by atoms with van der Waals surface area (Å²) in [6.45, 7) is 3.73. The van der Waals surface area contributed by atoms with E-state index in [1.165, 1.54) is 0 Å². The Morgan fingerprint density at radius 1 is 1.29 bits per heavy atom. The number of likely N-dealkylation sites (tertiary alicyclic amines) is 1. The smallest absolute Gasteiger partial charge is 0.309 e. The molecule has 0 atom stereocenters. The number of nitrogens with two attached hydrogens (primary N) is 1. The average molecular weight is 290 g/mol. The van der Waals surface area contributed by atoms with Crippen LogP contribution in [0.5, 0.6) is 0 Å². The second kappa shape index (κ2) is 7.22. The van der Waals surface area contributed by atoms with Crippen LogP contribution >= 0.6 is 0 Å². The van der Waals surface area contributed by atoms with E-state index in [2.05, 4.69) is 0 Å². The van der Waals surface area contributed by atoms with Crippen molar-refractivity contribution in [3.63, 3.8) is 0 Å². The van der Waals surface area contributed by atoms with Crippen LogP contribution in [0.15, 0.2) is 24.3 Å². The van der Waals surface area contributed by atoms with Gasteiger partial charge < -0.3 is 15.4 Å². The molecule has 0 bridgehead atoms. The van der Waals surface area contributed by atoms with Crippen LogP contribution < -0.4 is 5.73 Å². The predicted molar refractivity (Wildman–Crippen MR) is 79.6 cm³/mol. The summed E-state index contributed by atoms with van der Waals surface area (Å²) in [5, 5.41) is 0. The molecule has 5 nitrogen and oxygen atoms in total. The quantitative estimate of drug-likeness (QED) is 0.854. The summed E-state index contributed by atoms with van der Waals surface area (Å²) < 4.78 is 5.04. The summed E-state index contributed by atoms with van der Waals surface area (Å²) in [5.74, 6) is -0.232. The number of hydrogen-bond acceptors (Lipinski definition) is 4. The van der Waals surface area contributed by atoms with Gasteiger partial charge in [-0.15, -0.1) is 0 Å². The van der Waals surface area contributed by atoms with Crippen LogP contribution in [0, 0.1) is 5.92 Å². The van der Waals surface area contributed by atoms with Crippen LogP contribution in [0.1, 0.15) is 35.7 Å². The van der Waals surface area contributed by atoms with E-state index in [1.54, 1.807) is 11.8 Å². The van der Waals surface area contributed by atoms with E-state index in [1.807, 2.05) is 24.3 Å². The van der Waals surface area contributed by atoms with Crippen LogP contribution in [0.4, 0.5) is 0 Å². The fourth-order valence-electron chi connectivity index (χ4n) is 2.66. The van der Waals surface area contributed by atoms with Gasteiger partial charge in [0.05, 0.1) is 12.5 Å². The zero-order valence-electron chi connectivity index (χ0n) is 12.4. The minimum atomic E-state index is -0.146. The third-order valence-corrected chi connectivity index (χ3v) is 3.87. The second-order valence-electron chi connectivity index (χ2n) is 5.18. The molecular formula is C16H22N2O3. The highest BCUT2D eigenvalue weighted by Gasteiger charge is 2.29. The molecule has 0 spiro atoms. The minimum absolute atomic E-state index is 0.00152. The highest BCUT2D eigenvalue weighted by molar-refractivity contribution is 5.95. The van der Waals surface area contributed by atoms with E-state index in [0.29, 0.717) is 44.6 Å². The van der Waals surface area contributed by atoms with E-state index in [9.17, 15) is 9.59 Å². The maximum Gasteiger partial charge on any atom is 0.309 e. The van der Waals surface area contributed by atoms with Crippen molar-refractivity contribution in [3.8, 4) is 0 Å². The standard InChI is InChI=1S/C16H22N2O3/c1-2-21-16(20)12-7-9-18(10-8-12)15(19)14-6-4-3-5-13(14)11-17/h3-6,12H,2,7-11,17H2,1H3. The fraction of sp³-hybridized carbons (Fsp3) is 0.500. The van der Waals surface area contributed by atoms with E-state index in [4.69, 9.17) is 10.5 Å². The zero-order valence-corrected chi connectivity index (χ0v) is 12.4. The Morgan fingerprint density at radius 3 is 2.57 bits per heavy atom. The first kappa shape index (κ1) is 15.5. The number of rotatable bonds is 4. The maximum absolute atomic E-state index is 12.5. The van der Waals surface area contributed by atoms with Gasteiger partial charge in [0, 0.05) is 25.2 Å². The van der Waals surface area contributed by atoms with Crippen molar-refractivity contribution in [1.29, 1.82) is 0 Å². The number of nitrogens with zero attached hydrogens (tertiary/aromatic N) is 1. The average Bonchev–Trinajstić information content (AvgIpc) is 2.54. The number of esters is 1. The summed E-state index contributed by atoms with van der Waals surface area (Å²) >= 11 is 0. The molecule has 1 aromatic rings. The van der Waals surface area contributed by atoms with Crippen LogP contribution in [0.25, 0.3) is 0 Å². The maximum atomic E-state index is 12.5. The van der Waals surface area contributed by atoms with Gasteiger partial charge in [-0.1, -0.05) is 18.2 Å². The zero-order chi connectivity index (χ0) is 15.2. The Morgan fingerprint density at radius 2 is 1.95 bits per heavy atom. The van der Waals surface area contributed by atoms with Gasteiger partial charge in [0.2, 0.25) is 0 Å². The van der Waals surface area contributed by atoms with Gasteiger partial charge in [-0.05, 0) is 31.4 Å². The summed E-state index contributed by atoms with van der Waals surface area (Å²) in [6.07, 6.45) is 1.32. The lowest BCUT2D eigenvalue weighted by atomic mass is 9.96. The van der Waals surface area contributed by atoms with Gasteiger partial charge in [-0.2, -0.15) is 0 Å². The van der Waals surface area contributed by atoms with Crippen molar-refractivity contribution >= 4 is 11.9 Å². The van der Waals surface area contributed by atoms with Crippen molar-refractivity contribution in [1.82, 2.24) is 4.90 Å². The van der Waals surface area contributed by atoms with Crippen LogP contribution in [0.2, 0.25) is 0 Å². The normalized spacial score (nSPS) is 15.8. The third kappa shape index (κ3) is 3.61. The summed E-state index contributed by atoms with van der Waals surface area (Å²) in [7, 11) is 0. The van der Waals surface area contributed by atoms with Gasteiger partial charge in [0.1, 0.15) is 0 Å². The van der Waals surface area contributed by atoms with Gasteiger partial charge in [-0.3, -0.25) is 9.59 Å². The number of amides is 1. The van der Waals surface area contributed by atoms with Crippen molar-refractivity contribution in [3.05, 3.63) is 35.4 Å². The number of hydrogen-bond donors (Lipinski definition) is 1. The molecule has 1 aliphatic rings. The number of carbonyl (C=O) groups is 2. The SMILES string of the molecule is CCOC(=O)C1CCN(C(=O)c2ccccc2CN)CC1. The Balaban J connectivity index is 1.99. The molecule has 0 unspecified atom stereocenters. The van der Waals surface area contributed by atoms with E-state index in [0.717, 1.165) is 5.56 Å². The topological polar surface area (TPSA) is 72.6 Å². The van der Waals surface area contributed by atoms with Crippen LogP contribution in [-0.2, 0) is 16.1 Å². The van der Waals surface area contributed by atoms with E-state index >= 15 is 0 Å². The third-order valence-electron chi connectivity index (χ3n) is 3.87. The first-order chi connectivity index (χ1) is 10.2. The Hall–Kier alpha value is -1.88. The highest BCUT2D eigenvalue weighted by atomic mass is 16.5. The Labute approximate surface area is 125 Å². The van der Waals surface area contributed by atoms with Crippen molar-refractivity contribution in [2.24, 2.45) is 11.7 Å². The molecular weight excluding hydrogens is 268 g/mol. The summed E-state index contributed by atoms with van der Waals surface area (Å²) in [5.41, 5.74) is 7.20. The molecule has 2 N–H and O–H groups in total. The van der Waals surface area contributed by atoms with Crippen molar-refractivity contribution in [2.75, 3.05) is 19.7 Å². The first-order valence-corrected chi connectivity index (χ1v) is 7.41. The molecule has 21 heavy (non-hydrogen) atoms. The molecule has 1 amide bonds. The van der Waals surface area contributed by atoms with E-state index < -0.39 is 0 Å². The molecule has 0 saturated carbocycles. The first-order valence-electron chi connectivity index (χ1n) is 7.41. The monoisotopic (exact) mass is 290 g/mol. The number of piperidine rings is 1. The van der Waals surface area contributed by atoms with Gasteiger partial charge in [0.15, 0.2) is 0 Å². The predicted octanol–water partition coefficient (Wildman–Crippen LogP) is 1.56. The molecule has 0 aromatic heterocycles. The Kier molecular flexibility index (Phi) is 5.33. The lowest BCUT2D eigenvalue weighted by Gasteiger charge is -2.31. The molecule has 1 saturated heterocycles. The molecule has 5 heteroatoms.